The van der Waals surface area contributed by atoms with Gasteiger partial charge < -0.3 is 0 Å². The van der Waals surface area contributed by atoms with Crippen LogP contribution in [-0.2, 0) is 6.42 Å². The Balaban J connectivity index is 2.32. The Hall–Kier alpha value is -0.930. The molecular formula is C11H19N3. The van der Waals surface area contributed by atoms with Crippen LogP contribution in [-0.4, -0.2) is 11.0 Å². The van der Waals surface area contributed by atoms with Crippen molar-refractivity contribution in [3.8, 4) is 0 Å². The molecular weight excluding hydrogens is 174 g/mol. The van der Waals surface area contributed by atoms with Gasteiger partial charge in [-0.1, -0.05) is 19.4 Å². The average molecular weight is 193 g/mol. The number of nitrogens with zero attached hydrogens (tertiary/aromatic N) is 1. The Bertz CT molecular complexity index is 236. The fraction of sp³-hybridized carbons (Fsp3) is 0.545. The van der Waals surface area contributed by atoms with Gasteiger partial charge in [0.15, 0.2) is 0 Å². The topological polar surface area (TPSA) is 50.9 Å². The van der Waals surface area contributed by atoms with Crippen molar-refractivity contribution in [3.63, 3.8) is 0 Å². The van der Waals surface area contributed by atoms with Crippen LogP contribution in [0.5, 0.6) is 0 Å². The van der Waals surface area contributed by atoms with E-state index in [0.29, 0.717) is 6.04 Å². The second-order valence-electron chi connectivity index (χ2n) is 3.55. The molecule has 0 saturated heterocycles. The number of hydrazine groups is 1. The van der Waals surface area contributed by atoms with E-state index in [2.05, 4.69) is 23.4 Å². The van der Waals surface area contributed by atoms with E-state index in [4.69, 9.17) is 5.84 Å². The van der Waals surface area contributed by atoms with E-state index in [1.807, 2.05) is 12.3 Å². The summed E-state index contributed by atoms with van der Waals surface area (Å²) in [6.07, 6.45) is 8.14. The van der Waals surface area contributed by atoms with E-state index in [-0.39, 0.29) is 0 Å². The molecule has 1 heterocycles. The number of hydrogen-bond donors (Lipinski definition) is 2. The molecule has 1 aromatic rings. The zero-order valence-corrected chi connectivity index (χ0v) is 8.74. The quantitative estimate of drug-likeness (QED) is 0.533. The standard InChI is InChI=1S/C11H19N3/c1-2-4-11(14-12)7-6-10-5-3-8-13-9-10/h3,5,8-9,11,14H,2,4,6-7,12H2,1H3. The Morgan fingerprint density at radius 1 is 1.50 bits per heavy atom. The van der Waals surface area contributed by atoms with Crippen LogP contribution in [0.4, 0.5) is 0 Å². The minimum absolute atomic E-state index is 0.431. The van der Waals surface area contributed by atoms with Gasteiger partial charge in [0.05, 0.1) is 0 Å². The molecule has 3 heteroatoms. The summed E-state index contributed by atoms with van der Waals surface area (Å²) >= 11 is 0. The van der Waals surface area contributed by atoms with E-state index in [0.717, 1.165) is 19.3 Å². The van der Waals surface area contributed by atoms with Gasteiger partial charge in [-0.05, 0) is 30.9 Å². The molecule has 0 spiro atoms. The number of pyridine rings is 1. The fourth-order valence-corrected chi connectivity index (χ4v) is 1.55. The van der Waals surface area contributed by atoms with Crippen LogP contribution in [0.15, 0.2) is 24.5 Å². The van der Waals surface area contributed by atoms with Crippen LogP contribution in [0.1, 0.15) is 31.7 Å². The molecule has 0 saturated carbocycles. The Morgan fingerprint density at radius 2 is 2.36 bits per heavy atom. The number of hydrogen-bond acceptors (Lipinski definition) is 3. The van der Waals surface area contributed by atoms with Gasteiger partial charge in [-0.3, -0.25) is 16.3 Å². The first-order valence-electron chi connectivity index (χ1n) is 5.21. The summed E-state index contributed by atoms with van der Waals surface area (Å²) in [7, 11) is 0. The van der Waals surface area contributed by atoms with Crippen molar-refractivity contribution in [2.24, 2.45) is 5.84 Å². The molecule has 0 aliphatic rings. The van der Waals surface area contributed by atoms with Crippen molar-refractivity contribution in [1.82, 2.24) is 10.4 Å². The first kappa shape index (κ1) is 11.1. The molecule has 3 nitrogen and oxygen atoms in total. The molecule has 3 N–H and O–H groups in total. The summed E-state index contributed by atoms with van der Waals surface area (Å²) in [5, 5.41) is 0. The number of rotatable bonds is 6. The second kappa shape index (κ2) is 6.51. The molecule has 0 radical (unpaired) electrons. The van der Waals surface area contributed by atoms with Gasteiger partial charge in [-0.2, -0.15) is 0 Å². The normalized spacial score (nSPS) is 12.7. The number of nitrogens with two attached hydrogens (primary N) is 1. The highest BCUT2D eigenvalue weighted by molar-refractivity contribution is 5.08. The van der Waals surface area contributed by atoms with Crippen LogP contribution < -0.4 is 11.3 Å². The average Bonchev–Trinajstić information content (AvgIpc) is 2.25. The van der Waals surface area contributed by atoms with Crippen molar-refractivity contribution >= 4 is 0 Å². The summed E-state index contributed by atoms with van der Waals surface area (Å²) in [4.78, 5) is 4.08. The molecule has 0 fully saturated rings. The SMILES string of the molecule is CCCC(CCc1cccnc1)NN. The molecule has 0 aliphatic heterocycles. The molecule has 1 unspecified atom stereocenters. The minimum Gasteiger partial charge on any atom is -0.271 e. The predicted molar refractivity (Wildman–Crippen MR) is 58.6 cm³/mol. The Labute approximate surface area is 85.7 Å². The highest BCUT2D eigenvalue weighted by Gasteiger charge is 2.04. The zero-order chi connectivity index (χ0) is 10.2. The van der Waals surface area contributed by atoms with Crippen LogP contribution >= 0.6 is 0 Å². The maximum Gasteiger partial charge on any atom is 0.0299 e. The third-order valence-electron chi connectivity index (χ3n) is 2.38. The summed E-state index contributed by atoms with van der Waals surface area (Å²) in [5.41, 5.74) is 4.13. The second-order valence-corrected chi connectivity index (χ2v) is 3.55. The summed E-state index contributed by atoms with van der Waals surface area (Å²) in [5.74, 6) is 5.46. The Kier molecular flexibility index (Phi) is 5.19. The van der Waals surface area contributed by atoms with Gasteiger partial charge in [0.2, 0.25) is 0 Å². The monoisotopic (exact) mass is 193 g/mol. The van der Waals surface area contributed by atoms with Crippen LogP contribution in [0.3, 0.4) is 0 Å². The first-order chi connectivity index (χ1) is 6.86. The van der Waals surface area contributed by atoms with E-state index >= 15 is 0 Å². The predicted octanol–water partition coefficient (Wildman–Crippen LogP) is 1.65. The van der Waals surface area contributed by atoms with Crippen molar-refractivity contribution in [1.29, 1.82) is 0 Å². The van der Waals surface area contributed by atoms with E-state index < -0.39 is 0 Å². The van der Waals surface area contributed by atoms with Gasteiger partial charge in [0, 0.05) is 18.4 Å². The maximum absolute atomic E-state index is 5.46. The summed E-state index contributed by atoms with van der Waals surface area (Å²) < 4.78 is 0. The molecule has 1 atom stereocenters. The lowest BCUT2D eigenvalue weighted by atomic mass is 10.0. The molecule has 1 rings (SSSR count). The summed E-state index contributed by atoms with van der Waals surface area (Å²) in [6, 6.07) is 4.51. The van der Waals surface area contributed by atoms with E-state index in [1.54, 1.807) is 6.20 Å². The first-order valence-corrected chi connectivity index (χ1v) is 5.21. The molecule has 0 aliphatic carbocycles. The molecule has 0 bridgehead atoms. The van der Waals surface area contributed by atoms with Crippen molar-refractivity contribution in [2.45, 2.75) is 38.6 Å². The highest BCUT2D eigenvalue weighted by Crippen LogP contribution is 2.06. The van der Waals surface area contributed by atoms with Crippen molar-refractivity contribution < 1.29 is 0 Å². The van der Waals surface area contributed by atoms with Crippen molar-refractivity contribution in [2.75, 3.05) is 0 Å². The maximum atomic E-state index is 5.46. The van der Waals surface area contributed by atoms with Gasteiger partial charge >= 0.3 is 0 Å². The molecule has 0 amide bonds. The summed E-state index contributed by atoms with van der Waals surface area (Å²) in [6.45, 7) is 2.18. The molecule has 0 aromatic carbocycles. The molecule has 78 valence electrons. The lowest BCUT2D eigenvalue weighted by Gasteiger charge is -2.14. The Morgan fingerprint density at radius 3 is 2.93 bits per heavy atom. The third kappa shape index (κ3) is 3.85. The van der Waals surface area contributed by atoms with Gasteiger partial charge in [-0.25, -0.2) is 0 Å². The minimum atomic E-state index is 0.431. The third-order valence-corrected chi connectivity index (χ3v) is 2.38. The zero-order valence-electron chi connectivity index (χ0n) is 8.74. The van der Waals surface area contributed by atoms with Crippen LogP contribution in [0.25, 0.3) is 0 Å². The van der Waals surface area contributed by atoms with Crippen LogP contribution in [0, 0.1) is 0 Å². The van der Waals surface area contributed by atoms with Gasteiger partial charge in [0.25, 0.3) is 0 Å². The number of aryl methyl sites for hydroxylation is 1. The van der Waals surface area contributed by atoms with E-state index in [9.17, 15) is 0 Å². The number of aromatic nitrogens is 1. The van der Waals surface area contributed by atoms with Crippen LogP contribution in [0.2, 0.25) is 0 Å². The smallest absolute Gasteiger partial charge is 0.0299 e. The van der Waals surface area contributed by atoms with Gasteiger partial charge in [0.1, 0.15) is 0 Å². The molecule has 14 heavy (non-hydrogen) atoms. The number of nitrogens with one attached hydrogen (secondary N) is 1. The largest absolute Gasteiger partial charge is 0.271 e. The van der Waals surface area contributed by atoms with Gasteiger partial charge in [-0.15, -0.1) is 0 Å². The van der Waals surface area contributed by atoms with Crippen molar-refractivity contribution in [3.05, 3.63) is 30.1 Å². The van der Waals surface area contributed by atoms with E-state index in [1.165, 1.54) is 12.0 Å². The highest BCUT2D eigenvalue weighted by atomic mass is 15.2. The molecule has 1 aromatic heterocycles. The fourth-order valence-electron chi connectivity index (χ4n) is 1.55. The lowest BCUT2D eigenvalue weighted by Crippen LogP contribution is -2.35. The lowest BCUT2D eigenvalue weighted by molar-refractivity contribution is 0.459.